The lowest BCUT2D eigenvalue weighted by Crippen LogP contribution is -2.25. The Hall–Kier alpha value is -0.870. The fourth-order valence-corrected chi connectivity index (χ4v) is 1.84. The van der Waals surface area contributed by atoms with Crippen molar-refractivity contribution in [3.8, 4) is 0 Å². The molecule has 3 nitrogen and oxygen atoms in total. The predicted molar refractivity (Wildman–Crippen MR) is 76.9 cm³/mol. The van der Waals surface area contributed by atoms with Crippen molar-refractivity contribution in [3.63, 3.8) is 0 Å². The van der Waals surface area contributed by atoms with Crippen LogP contribution < -0.4 is 5.32 Å². The molecule has 0 fully saturated rings. The van der Waals surface area contributed by atoms with Crippen LogP contribution in [0, 0.1) is 6.92 Å². The van der Waals surface area contributed by atoms with E-state index in [0.717, 1.165) is 29.5 Å². The number of rotatable bonds is 7. The molecule has 0 aliphatic heterocycles. The molecule has 0 radical (unpaired) electrons. The average molecular weight is 314 g/mol. The first-order chi connectivity index (χ1) is 8.65. The lowest BCUT2D eigenvalue weighted by atomic mass is 10.1. The quantitative estimate of drug-likeness (QED) is 0.784. The Balaban J connectivity index is 2.30. The fraction of sp³-hybridized carbons (Fsp3) is 0.500. The van der Waals surface area contributed by atoms with E-state index in [-0.39, 0.29) is 5.91 Å². The van der Waals surface area contributed by atoms with Crippen LogP contribution in [0.1, 0.15) is 35.7 Å². The van der Waals surface area contributed by atoms with Crippen molar-refractivity contribution in [2.45, 2.75) is 26.7 Å². The van der Waals surface area contributed by atoms with Gasteiger partial charge in [-0.05, 0) is 37.5 Å². The average Bonchev–Trinajstić information content (AvgIpc) is 2.36. The summed E-state index contributed by atoms with van der Waals surface area (Å²) in [5.74, 6) is -0.0359. The minimum absolute atomic E-state index is 0.0359. The van der Waals surface area contributed by atoms with Gasteiger partial charge >= 0.3 is 0 Å². The number of benzene rings is 1. The zero-order valence-corrected chi connectivity index (χ0v) is 12.5. The molecule has 18 heavy (non-hydrogen) atoms. The Labute approximate surface area is 117 Å². The van der Waals surface area contributed by atoms with E-state index in [0.29, 0.717) is 18.7 Å². The van der Waals surface area contributed by atoms with Crippen LogP contribution in [0.15, 0.2) is 22.7 Å². The summed E-state index contributed by atoms with van der Waals surface area (Å²) in [6.45, 7) is 6.21. The highest BCUT2D eigenvalue weighted by Gasteiger charge is 2.06. The van der Waals surface area contributed by atoms with Gasteiger partial charge in [-0.3, -0.25) is 4.79 Å². The van der Waals surface area contributed by atoms with Gasteiger partial charge in [-0.1, -0.05) is 28.9 Å². The van der Waals surface area contributed by atoms with Gasteiger partial charge in [-0.25, -0.2) is 0 Å². The predicted octanol–water partition coefficient (Wildman–Crippen LogP) is 3.30. The van der Waals surface area contributed by atoms with Crippen LogP contribution in [0.4, 0.5) is 0 Å². The Morgan fingerprint density at radius 3 is 2.83 bits per heavy atom. The van der Waals surface area contributed by atoms with Crippen molar-refractivity contribution >= 4 is 21.8 Å². The molecule has 0 bridgehead atoms. The highest BCUT2D eigenvalue weighted by molar-refractivity contribution is 9.10. The first-order valence-corrected chi connectivity index (χ1v) is 7.06. The lowest BCUT2D eigenvalue weighted by molar-refractivity contribution is 0.0941. The Morgan fingerprint density at radius 2 is 2.17 bits per heavy atom. The molecule has 0 aliphatic rings. The van der Waals surface area contributed by atoms with Crippen molar-refractivity contribution < 1.29 is 9.53 Å². The first-order valence-electron chi connectivity index (χ1n) is 6.27. The van der Waals surface area contributed by atoms with Crippen molar-refractivity contribution in [1.82, 2.24) is 5.32 Å². The third kappa shape index (κ3) is 5.19. The summed E-state index contributed by atoms with van der Waals surface area (Å²) in [6, 6.07) is 5.62. The van der Waals surface area contributed by atoms with Crippen molar-refractivity contribution in [3.05, 3.63) is 33.8 Å². The van der Waals surface area contributed by atoms with E-state index in [2.05, 4.69) is 28.2 Å². The number of halogens is 1. The SMILES string of the molecule is CCCOCCCNC(=O)c1ccc(C)c(Br)c1. The Kier molecular flexibility index (Phi) is 6.98. The molecule has 1 aromatic carbocycles. The first kappa shape index (κ1) is 15.2. The standard InChI is InChI=1S/C14H20BrNO2/c1-3-8-18-9-4-7-16-14(17)12-6-5-11(2)13(15)10-12/h5-6,10H,3-4,7-9H2,1-2H3,(H,16,17). The molecule has 0 atom stereocenters. The maximum atomic E-state index is 11.8. The van der Waals surface area contributed by atoms with Crippen molar-refractivity contribution in [2.75, 3.05) is 19.8 Å². The number of aryl methyl sites for hydroxylation is 1. The normalized spacial score (nSPS) is 10.4. The molecule has 1 N–H and O–H groups in total. The molecule has 0 aromatic heterocycles. The highest BCUT2D eigenvalue weighted by Crippen LogP contribution is 2.17. The molecule has 1 rings (SSSR count). The monoisotopic (exact) mass is 313 g/mol. The zero-order valence-electron chi connectivity index (χ0n) is 11.0. The van der Waals surface area contributed by atoms with E-state index in [9.17, 15) is 4.79 Å². The smallest absolute Gasteiger partial charge is 0.251 e. The molecular weight excluding hydrogens is 294 g/mol. The van der Waals surface area contributed by atoms with Crippen LogP contribution in [-0.2, 0) is 4.74 Å². The number of nitrogens with one attached hydrogen (secondary N) is 1. The van der Waals surface area contributed by atoms with Gasteiger partial charge in [0.15, 0.2) is 0 Å². The number of carbonyl (C=O) groups excluding carboxylic acids is 1. The molecule has 0 heterocycles. The molecule has 100 valence electrons. The fourth-order valence-electron chi connectivity index (χ4n) is 1.46. The number of hydrogen-bond donors (Lipinski definition) is 1. The molecule has 0 unspecified atom stereocenters. The summed E-state index contributed by atoms with van der Waals surface area (Å²) >= 11 is 3.42. The molecule has 0 aliphatic carbocycles. The van der Waals surface area contributed by atoms with E-state index in [1.807, 2.05) is 25.1 Å². The van der Waals surface area contributed by atoms with E-state index in [1.54, 1.807) is 0 Å². The second-order valence-electron chi connectivity index (χ2n) is 4.19. The number of carbonyl (C=O) groups is 1. The molecule has 4 heteroatoms. The topological polar surface area (TPSA) is 38.3 Å². The Bertz CT molecular complexity index is 393. The zero-order chi connectivity index (χ0) is 13.4. The maximum absolute atomic E-state index is 11.8. The third-order valence-electron chi connectivity index (χ3n) is 2.53. The molecule has 1 amide bonds. The van der Waals surface area contributed by atoms with E-state index in [1.165, 1.54) is 0 Å². The number of ether oxygens (including phenoxy) is 1. The van der Waals surface area contributed by atoms with Gasteiger partial charge in [0, 0.05) is 29.8 Å². The van der Waals surface area contributed by atoms with Crippen LogP contribution in [0.25, 0.3) is 0 Å². The molecule has 0 spiro atoms. The summed E-state index contributed by atoms with van der Waals surface area (Å²) in [5.41, 5.74) is 1.81. The van der Waals surface area contributed by atoms with Crippen LogP contribution in [0.2, 0.25) is 0 Å². The number of amides is 1. The van der Waals surface area contributed by atoms with E-state index < -0.39 is 0 Å². The summed E-state index contributed by atoms with van der Waals surface area (Å²) in [6.07, 6.45) is 1.88. The van der Waals surface area contributed by atoms with Gasteiger partial charge in [0.2, 0.25) is 0 Å². The largest absolute Gasteiger partial charge is 0.381 e. The summed E-state index contributed by atoms with van der Waals surface area (Å²) < 4.78 is 6.31. The van der Waals surface area contributed by atoms with Crippen LogP contribution in [0.3, 0.4) is 0 Å². The van der Waals surface area contributed by atoms with Gasteiger partial charge in [-0.2, -0.15) is 0 Å². The van der Waals surface area contributed by atoms with Crippen molar-refractivity contribution in [1.29, 1.82) is 0 Å². The molecule has 0 saturated carbocycles. The van der Waals surface area contributed by atoms with Gasteiger partial charge < -0.3 is 10.1 Å². The summed E-state index contributed by atoms with van der Waals surface area (Å²) in [4.78, 5) is 11.8. The third-order valence-corrected chi connectivity index (χ3v) is 3.39. The van der Waals surface area contributed by atoms with Gasteiger partial charge in [0.25, 0.3) is 5.91 Å². The van der Waals surface area contributed by atoms with Crippen LogP contribution >= 0.6 is 15.9 Å². The maximum Gasteiger partial charge on any atom is 0.251 e. The summed E-state index contributed by atoms with van der Waals surface area (Å²) in [7, 11) is 0. The van der Waals surface area contributed by atoms with E-state index in [4.69, 9.17) is 4.74 Å². The molecular formula is C14H20BrNO2. The van der Waals surface area contributed by atoms with Gasteiger partial charge in [0.05, 0.1) is 0 Å². The molecule has 0 saturated heterocycles. The lowest BCUT2D eigenvalue weighted by Gasteiger charge is -2.07. The Morgan fingerprint density at radius 1 is 1.39 bits per heavy atom. The second kappa shape index (κ2) is 8.27. The number of hydrogen-bond acceptors (Lipinski definition) is 2. The van der Waals surface area contributed by atoms with E-state index >= 15 is 0 Å². The summed E-state index contributed by atoms with van der Waals surface area (Å²) in [5, 5.41) is 2.88. The highest BCUT2D eigenvalue weighted by atomic mass is 79.9. The molecule has 1 aromatic rings. The minimum Gasteiger partial charge on any atom is -0.381 e. The second-order valence-corrected chi connectivity index (χ2v) is 5.04. The van der Waals surface area contributed by atoms with Crippen molar-refractivity contribution in [2.24, 2.45) is 0 Å². The van der Waals surface area contributed by atoms with Gasteiger partial charge in [0.1, 0.15) is 0 Å². The van der Waals surface area contributed by atoms with Crippen LogP contribution in [0.5, 0.6) is 0 Å². The minimum atomic E-state index is -0.0359. The van der Waals surface area contributed by atoms with Crippen LogP contribution in [-0.4, -0.2) is 25.7 Å². The van der Waals surface area contributed by atoms with Gasteiger partial charge in [-0.15, -0.1) is 0 Å².